The summed E-state index contributed by atoms with van der Waals surface area (Å²) in [7, 11) is 1.64. The number of ether oxygens (including phenoxy) is 2. The Morgan fingerprint density at radius 1 is 1.26 bits per heavy atom. The molecule has 0 spiro atoms. The van der Waals surface area contributed by atoms with Crippen molar-refractivity contribution in [2.24, 2.45) is 0 Å². The van der Waals surface area contributed by atoms with E-state index in [0.29, 0.717) is 19.0 Å². The van der Waals surface area contributed by atoms with Crippen molar-refractivity contribution in [3.63, 3.8) is 0 Å². The molecule has 0 aliphatic carbocycles. The van der Waals surface area contributed by atoms with Gasteiger partial charge in [0.05, 0.1) is 26.4 Å². The molecule has 5 heteroatoms. The fourth-order valence-corrected chi connectivity index (χ4v) is 3.14. The summed E-state index contributed by atoms with van der Waals surface area (Å²) in [5.41, 5.74) is 2.18. The standard InChI is InChI=1S/C18H22N2O3/c1-22-18-15(8-5-9-19-18)12-20-10-11-23-16(13-21)17(20)14-6-3-2-4-7-14/h2-9,16-17,21H,10-13H2,1H3/t16-,17-/m0/s1. The van der Waals surface area contributed by atoms with Crippen molar-refractivity contribution in [3.8, 4) is 5.88 Å². The molecule has 1 aromatic carbocycles. The zero-order valence-corrected chi connectivity index (χ0v) is 13.3. The summed E-state index contributed by atoms with van der Waals surface area (Å²) in [5.74, 6) is 0.645. The van der Waals surface area contributed by atoms with Crippen LogP contribution >= 0.6 is 0 Å². The molecule has 1 fully saturated rings. The second-order valence-electron chi connectivity index (χ2n) is 5.59. The van der Waals surface area contributed by atoms with E-state index in [1.807, 2.05) is 30.3 Å². The third-order valence-corrected chi connectivity index (χ3v) is 4.19. The normalized spacial score (nSPS) is 22.0. The highest BCUT2D eigenvalue weighted by molar-refractivity contribution is 5.27. The van der Waals surface area contributed by atoms with Crippen molar-refractivity contribution in [3.05, 3.63) is 59.8 Å². The average molecular weight is 314 g/mol. The van der Waals surface area contributed by atoms with Crippen LogP contribution in [0, 0.1) is 0 Å². The molecule has 2 aromatic rings. The van der Waals surface area contributed by atoms with Crippen LogP contribution in [0.5, 0.6) is 5.88 Å². The molecule has 2 heterocycles. The fraction of sp³-hybridized carbons (Fsp3) is 0.389. The molecule has 122 valence electrons. The van der Waals surface area contributed by atoms with E-state index in [2.05, 4.69) is 22.0 Å². The van der Waals surface area contributed by atoms with E-state index < -0.39 is 0 Å². The Labute approximate surface area is 136 Å². The lowest BCUT2D eigenvalue weighted by atomic mass is 9.98. The van der Waals surface area contributed by atoms with Crippen molar-refractivity contribution in [1.82, 2.24) is 9.88 Å². The minimum atomic E-state index is -0.228. The van der Waals surface area contributed by atoms with Gasteiger partial charge in [-0.2, -0.15) is 0 Å². The number of benzene rings is 1. The quantitative estimate of drug-likeness (QED) is 0.915. The van der Waals surface area contributed by atoms with Gasteiger partial charge in [0.25, 0.3) is 0 Å². The smallest absolute Gasteiger partial charge is 0.217 e. The van der Waals surface area contributed by atoms with Crippen LogP contribution in [0.15, 0.2) is 48.7 Å². The summed E-state index contributed by atoms with van der Waals surface area (Å²) in [5, 5.41) is 9.72. The van der Waals surface area contributed by atoms with E-state index in [-0.39, 0.29) is 18.8 Å². The van der Waals surface area contributed by atoms with Crippen molar-refractivity contribution < 1.29 is 14.6 Å². The summed E-state index contributed by atoms with van der Waals surface area (Å²) in [6.07, 6.45) is 1.50. The van der Waals surface area contributed by atoms with E-state index in [1.54, 1.807) is 13.3 Å². The Hall–Kier alpha value is -1.95. The Balaban J connectivity index is 1.89. The molecule has 0 unspecified atom stereocenters. The predicted molar refractivity (Wildman–Crippen MR) is 87.2 cm³/mol. The van der Waals surface area contributed by atoms with E-state index in [0.717, 1.165) is 17.7 Å². The summed E-state index contributed by atoms with van der Waals surface area (Å²) in [6, 6.07) is 14.1. The Bertz CT molecular complexity index is 621. The number of rotatable bonds is 5. The van der Waals surface area contributed by atoms with Crippen LogP contribution in [0.1, 0.15) is 17.2 Å². The van der Waals surface area contributed by atoms with E-state index >= 15 is 0 Å². The van der Waals surface area contributed by atoms with Crippen LogP contribution in [-0.4, -0.2) is 48.0 Å². The lowest BCUT2D eigenvalue weighted by Gasteiger charge is -2.41. The third kappa shape index (κ3) is 3.52. The molecule has 0 bridgehead atoms. The molecule has 1 aliphatic rings. The molecule has 2 atom stereocenters. The van der Waals surface area contributed by atoms with E-state index in [4.69, 9.17) is 9.47 Å². The maximum absolute atomic E-state index is 9.72. The number of hydrogen-bond acceptors (Lipinski definition) is 5. The summed E-state index contributed by atoms with van der Waals surface area (Å²) in [4.78, 5) is 6.59. The van der Waals surface area contributed by atoms with Gasteiger partial charge in [0.1, 0.15) is 6.10 Å². The first-order valence-electron chi connectivity index (χ1n) is 7.83. The molecule has 0 saturated carbocycles. The number of aliphatic hydroxyl groups is 1. The Morgan fingerprint density at radius 3 is 2.83 bits per heavy atom. The van der Waals surface area contributed by atoms with E-state index in [1.165, 1.54) is 0 Å². The summed E-state index contributed by atoms with van der Waals surface area (Å²) in [6.45, 7) is 2.11. The second kappa shape index (κ2) is 7.55. The molecule has 23 heavy (non-hydrogen) atoms. The van der Waals surface area contributed by atoms with Gasteiger partial charge in [-0.1, -0.05) is 36.4 Å². The average Bonchev–Trinajstić information content (AvgIpc) is 2.62. The fourth-order valence-electron chi connectivity index (χ4n) is 3.14. The van der Waals surface area contributed by atoms with Gasteiger partial charge < -0.3 is 14.6 Å². The van der Waals surface area contributed by atoms with Crippen molar-refractivity contribution >= 4 is 0 Å². The van der Waals surface area contributed by atoms with Crippen LogP contribution in [0.25, 0.3) is 0 Å². The maximum Gasteiger partial charge on any atom is 0.217 e. The maximum atomic E-state index is 9.72. The molecule has 5 nitrogen and oxygen atoms in total. The largest absolute Gasteiger partial charge is 0.481 e. The highest BCUT2D eigenvalue weighted by Gasteiger charge is 2.33. The first-order chi connectivity index (χ1) is 11.3. The van der Waals surface area contributed by atoms with Gasteiger partial charge in [-0.15, -0.1) is 0 Å². The van der Waals surface area contributed by atoms with Crippen molar-refractivity contribution in [1.29, 1.82) is 0 Å². The first kappa shape index (κ1) is 15.9. The zero-order valence-electron chi connectivity index (χ0n) is 13.3. The van der Waals surface area contributed by atoms with E-state index in [9.17, 15) is 5.11 Å². The van der Waals surface area contributed by atoms with Gasteiger partial charge in [0.15, 0.2) is 0 Å². The number of hydrogen-bond donors (Lipinski definition) is 1. The van der Waals surface area contributed by atoms with Crippen molar-refractivity contribution in [2.75, 3.05) is 26.9 Å². The monoisotopic (exact) mass is 314 g/mol. The number of morpholine rings is 1. The lowest BCUT2D eigenvalue weighted by Crippen LogP contribution is -2.46. The molecular formula is C18H22N2O3. The third-order valence-electron chi connectivity index (χ3n) is 4.19. The van der Waals surface area contributed by atoms with Gasteiger partial charge in [-0.3, -0.25) is 4.90 Å². The highest BCUT2D eigenvalue weighted by atomic mass is 16.5. The molecule has 1 N–H and O–H groups in total. The molecule has 0 amide bonds. The number of methoxy groups -OCH3 is 1. The van der Waals surface area contributed by atoms with Gasteiger partial charge in [0, 0.05) is 24.8 Å². The van der Waals surface area contributed by atoms with Crippen molar-refractivity contribution in [2.45, 2.75) is 18.7 Å². The molecule has 1 saturated heterocycles. The van der Waals surface area contributed by atoms with Gasteiger partial charge in [-0.25, -0.2) is 4.98 Å². The molecule has 0 radical (unpaired) electrons. The number of aliphatic hydroxyl groups excluding tert-OH is 1. The first-order valence-corrected chi connectivity index (χ1v) is 7.83. The van der Waals surface area contributed by atoms with Crippen LogP contribution < -0.4 is 4.74 Å². The summed E-state index contributed by atoms with van der Waals surface area (Å²) < 4.78 is 11.1. The van der Waals surface area contributed by atoms with Crippen LogP contribution in [0.3, 0.4) is 0 Å². The number of nitrogens with zero attached hydrogens (tertiary/aromatic N) is 2. The predicted octanol–water partition coefficient (Wildman–Crippen LogP) is 2.02. The molecule has 3 rings (SSSR count). The zero-order chi connectivity index (χ0) is 16.1. The summed E-state index contributed by atoms with van der Waals surface area (Å²) >= 11 is 0. The van der Waals surface area contributed by atoms with Gasteiger partial charge in [0.2, 0.25) is 5.88 Å². The van der Waals surface area contributed by atoms with Gasteiger partial charge >= 0.3 is 0 Å². The molecule has 1 aromatic heterocycles. The lowest BCUT2D eigenvalue weighted by molar-refractivity contribution is -0.0962. The van der Waals surface area contributed by atoms with Gasteiger partial charge in [-0.05, 0) is 11.6 Å². The van der Waals surface area contributed by atoms with Crippen LogP contribution in [-0.2, 0) is 11.3 Å². The SMILES string of the molecule is COc1ncccc1CN1CCO[C@@H](CO)[C@@H]1c1ccccc1. The number of aromatic nitrogens is 1. The highest BCUT2D eigenvalue weighted by Crippen LogP contribution is 2.31. The molecule has 1 aliphatic heterocycles. The minimum absolute atomic E-state index is 0.000234. The second-order valence-corrected chi connectivity index (χ2v) is 5.59. The Kier molecular flexibility index (Phi) is 5.23. The van der Waals surface area contributed by atoms with Crippen LogP contribution in [0.4, 0.5) is 0 Å². The van der Waals surface area contributed by atoms with Crippen LogP contribution in [0.2, 0.25) is 0 Å². The topological polar surface area (TPSA) is 54.8 Å². The minimum Gasteiger partial charge on any atom is -0.481 e. The molecular weight excluding hydrogens is 292 g/mol. The Morgan fingerprint density at radius 2 is 2.09 bits per heavy atom. The number of pyridine rings is 1.